The first kappa shape index (κ1) is 19.5. The van der Waals surface area contributed by atoms with Crippen LogP contribution in [0.15, 0.2) is 71.5 Å². The Bertz CT molecular complexity index is 1310. The third-order valence-electron chi connectivity index (χ3n) is 5.24. The van der Waals surface area contributed by atoms with Crippen molar-refractivity contribution in [1.82, 2.24) is 15.0 Å². The van der Waals surface area contributed by atoms with Gasteiger partial charge in [-0.05, 0) is 54.3 Å². The molecule has 1 heterocycles. The minimum Gasteiger partial charge on any atom is -0.292 e. The normalized spacial score (nSPS) is 10.9. The number of hydrogen-bond acceptors (Lipinski definition) is 4. The van der Waals surface area contributed by atoms with E-state index in [9.17, 15) is 9.59 Å². The number of aryl methyl sites for hydroxylation is 2. The molecule has 0 atom stereocenters. The summed E-state index contributed by atoms with van der Waals surface area (Å²) in [7, 11) is 0. The van der Waals surface area contributed by atoms with E-state index in [1.54, 1.807) is 22.2 Å². The number of rotatable bonds is 4. The van der Waals surface area contributed by atoms with Crippen LogP contribution in [0, 0.1) is 13.8 Å². The Morgan fingerprint density at radius 2 is 1.80 bits per heavy atom. The topological polar surface area (TPSA) is 84.2 Å². The molecule has 6 heteroatoms. The lowest BCUT2D eigenvalue weighted by atomic mass is 9.96. The molecule has 2 N–H and O–H groups in total. The SMILES string of the molecule is Cc1cccc2nc(C)n(Cc3ccc(C(=O)NO)c(-c4ccccc4)c3)c(=O)c12. The maximum absolute atomic E-state index is 13.2. The van der Waals surface area contributed by atoms with Crippen LogP contribution in [0.1, 0.15) is 27.3 Å². The summed E-state index contributed by atoms with van der Waals surface area (Å²) >= 11 is 0. The monoisotopic (exact) mass is 399 g/mol. The molecule has 1 aromatic heterocycles. The number of fused-ring (bicyclic) bond motifs is 1. The Labute approximate surface area is 173 Å². The highest BCUT2D eigenvalue weighted by molar-refractivity contribution is 6.00. The van der Waals surface area contributed by atoms with Gasteiger partial charge in [0.2, 0.25) is 0 Å². The van der Waals surface area contributed by atoms with E-state index >= 15 is 0 Å². The highest BCUT2D eigenvalue weighted by atomic mass is 16.5. The Kier molecular flexibility index (Phi) is 5.16. The number of nitrogens with one attached hydrogen (secondary N) is 1. The number of hydrogen-bond donors (Lipinski definition) is 2. The van der Waals surface area contributed by atoms with E-state index in [0.29, 0.717) is 34.4 Å². The summed E-state index contributed by atoms with van der Waals surface area (Å²) in [6, 6.07) is 20.4. The van der Waals surface area contributed by atoms with Gasteiger partial charge in [-0.3, -0.25) is 19.4 Å². The van der Waals surface area contributed by atoms with Gasteiger partial charge in [0.25, 0.3) is 11.5 Å². The number of carbonyl (C=O) groups excluding carboxylic acids is 1. The molecule has 6 nitrogen and oxygen atoms in total. The van der Waals surface area contributed by atoms with Crippen molar-refractivity contribution in [3.8, 4) is 11.1 Å². The summed E-state index contributed by atoms with van der Waals surface area (Å²) in [4.78, 5) is 29.9. The van der Waals surface area contributed by atoms with Crippen LogP contribution in [-0.2, 0) is 6.54 Å². The van der Waals surface area contributed by atoms with Crippen molar-refractivity contribution in [3.63, 3.8) is 0 Å². The highest BCUT2D eigenvalue weighted by Crippen LogP contribution is 2.26. The van der Waals surface area contributed by atoms with Gasteiger partial charge >= 0.3 is 0 Å². The van der Waals surface area contributed by atoms with Crippen LogP contribution >= 0.6 is 0 Å². The molecular weight excluding hydrogens is 378 g/mol. The number of benzene rings is 3. The molecule has 4 aromatic rings. The molecule has 0 unspecified atom stereocenters. The van der Waals surface area contributed by atoms with Crippen LogP contribution in [0.2, 0.25) is 0 Å². The second-order valence-corrected chi connectivity index (χ2v) is 7.21. The summed E-state index contributed by atoms with van der Waals surface area (Å²) in [5.41, 5.74) is 5.91. The van der Waals surface area contributed by atoms with E-state index in [1.165, 1.54) is 0 Å². The second kappa shape index (κ2) is 7.93. The van der Waals surface area contributed by atoms with E-state index in [2.05, 4.69) is 4.98 Å². The molecule has 4 rings (SSSR count). The zero-order valence-electron chi connectivity index (χ0n) is 16.7. The van der Waals surface area contributed by atoms with E-state index in [0.717, 1.165) is 16.7 Å². The molecule has 0 bridgehead atoms. The molecule has 0 aliphatic carbocycles. The number of nitrogens with zero attached hydrogens (tertiary/aromatic N) is 2. The lowest BCUT2D eigenvalue weighted by Gasteiger charge is -2.14. The molecule has 0 spiro atoms. The summed E-state index contributed by atoms with van der Waals surface area (Å²) in [6.45, 7) is 4.04. The van der Waals surface area contributed by atoms with Crippen molar-refractivity contribution >= 4 is 16.8 Å². The number of aromatic nitrogens is 2. The fourth-order valence-corrected chi connectivity index (χ4v) is 3.71. The second-order valence-electron chi connectivity index (χ2n) is 7.21. The van der Waals surface area contributed by atoms with E-state index < -0.39 is 5.91 Å². The number of carbonyl (C=O) groups is 1. The molecule has 3 aromatic carbocycles. The van der Waals surface area contributed by atoms with Crippen molar-refractivity contribution in [2.24, 2.45) is 0 Å². The van der Waals surface area contributed by atoms with E-state index in [-0.39, 0.29) is 5.56 Å². The Morgan fingerprint density at radius 3 is 2.53 bits per heavy atom. The number of hydroxylamine groups is 1. The van der Waals surface area contributed by atoms with Gasteiger partial charge in [-0.1, -0.05) is 48.5 Å². The first-order chi connectivity index (χ1) is 14.5. The lowest BCUT2D eigenvalue weighted by Crippen LogP contribution is -2.25. The van der Waals surface area contributed by atoms with Crippen LogP contribution in [0.3, 0.4) is 0 Å². The van der Waals surface area contributed by atoms with Gasteiger partial charge in [-0.2, -0.15) is 0 Å². The van der Waals surface area contributed by atoms with Gasteiger partial charge in [0.1, 0.15) is 5.82 Å². The fourth-order valence-electron chi connectivity index (χ4n) is 3.71. The standard InChI is InChI=1S/C24H21N3O3/c1-15-7-6-10-21-22(15)24(29)27(16(2)25-21)14-17-11-12-19(23(28)26-30)20(13-17)18-8-4-3-5-9-18/h3-13,30H,14H2,1-2H3,(H,26,28). The maximum atomic E-state index is 13.2. The summed E-state index contributed by atoms with van der Waals surface area (Å²) in [5.74, 6) is 0.0355. The minimum absolute atomic E-state index is 0.0889. The van der Waals surface area contributed by atoms with Gasteiger partial charge < -0.3 is 0 Å². The van der Waals surface area contributed by atoms with Crippen molar-refractivity contribution in [2.45, 2.75) is 20.4 Å². The van der Waals surface area contributed by atoms with Gasteiger partial charge in [0.05, 0.1) is 17.4 Å². The van der Waals surface area contributed by atoms with Crippen molar-refractivity contribution in [1.29, 1.82) is 0 Å². The third-order valence-corrected chi connectivity index (χ3v) is 5.24. The molecule has 0 saturated heterocycles. The zero-order valence-corrected chi connectivity index (χ0v) is 16.7. The summed E-state index contributed by atoms with van der Waals surface area (Å²) in [6.07, 6.45) is 0. The Hall–Kier alpha value is -3.77. The molecule has 30 heavy (non-hydrogen) atoms. The largest absolute Gasteiger partial charge is 0.292 e. The maximum Gasteiger partial charge on any atom is 0.275 e. The Morgan fingerprint density at radius 1 is 1.03 bits per heavy atom. The fraction of sp³-hybridized carbons (Fsp3) is 0.125. The van der Waals surface area contributed by atoms with Gasteiger partial charge in [-0.25, -0.2) is 10.5 Å². The lowest BCUT2D eigenvalue weighted by molar-refractivity contribution is 0.0707. The first-order valence-corrected chi connectivity index (χ1v) is 9.59. The van der Waals surface area contributed by atoms with E-state index in [4.69, 9.17) is 5.21 Å². The smallest absolute Gasteiger partial charge is 0.275 e. The van der Waals surface area contributed by atoms with Crippen molar-refractivity contribution < 1.29 is 10.0 Å². The van der Waals surface area contributed by atoms with Crippen molar-refractivity contribution in [3.05, 3.63) is 99.6 Å². The van der Waals surface area contributed by atoms with Crippen LogP contribution in [0.5, 0.6) is 0 Å². The summed E-state index contributed by atoms with van der Waals surface area (Å²) in [5, 5.41) is 9.72. The van der Waals surface area contributed by atoms with Crippen LogP contribution in [0.4, 0.5) is 0 Å². The van der Waals surface area contributed by atoms with Gasteiger partial charge in [0.15, 0.2) is 0 Å². The predicted molar refractivity (Wildman–Crippen MR) is 116 cm³/mol. The molecule has 0 aliphatic heterocycles. The van der Waals surface area contributed by atoms with Crippen molar-refractivity contribution in [2.75, 3.05) is 0 Å². The predicted octanol–water partition coefficient (Wildman–Crippen LogP) is 3.85. The number of amides is 1. The molecule has 0 fully saturated rings. The van der Waals surface area contributed by atoms with Crippen LogP contribution in [-0.4, -0.2) is 20.7 Å². The molecule has 1 amide bonds. The summed E-state index contributed by atoms with van der Waals surface area (Å²) < 4.78 is 1.64. The van der Waals surface area contributed by atoms with E-state index in [1.807, 2.05) is 68.4 Å². The molecule has 0 saturated carbocycles. The van der Waals surface area contributed by atoms with Crippen LogP contribution in [0.25, 0.3) is 22.0 Å². The molecule has 150 valence electrons. The zero-order chi connectivity index (χ0) is 21.3. The highest BCUT2D eigenvalue weighted by Gasteiger charge is 2.15. The minimum atomic E-state index is -0.586. The first-order valence-electron chi connectivity index (χ1n) is 9.59. The van der Waals surface area contributed by atoms with Gasteiger partial charge in [0, 0.05) is 5.56 Å². The third kappa shape index (κ3) is 3.49. The Balaban J connectivity index is 1.84. The van der Waals surface area contributed by atoms with Crippen LogP contribution < -0.4 is 11.0 Å². The van der Waals surface area contributed by atoms with Gasteiger partial charge in [-0.15, -0.1) is 0 Å². The molecular formula is C24H21N3O3. The average molecular weight is 399 g/mol. The average Bonchev–Trinajstić information content (AvgIpc) is 2.76. The quantitative estimate of drug-likeness (QED) is 0.403. The molecule has 0 radical (unpaired) electrons. The molecule has 0 aliphatic rings.